The molecule has 0 saturated heterocycles. The summed E-state index contributed by atoms with van der Waals surface area (Å²) in [4.78, 5) is 4.01. The Morgan fingerprint density at radius 1 is 1.10 bits per heavy atom. The molecule has 1 heterocycles. The lowest BCUT2D eigenvalue weighted by atomic mass is 10.1. The van der Waals surface area contributed by atoms with Gasteiger partial charge in [-0.2, -0.15) is 0 Å². The summed E-state index contributed by atoms with van der Waals surface area (Å²) in [5.41, 5.74) is 0. The van der Waals surface area contributed by atoms with Crippen LogP contribution in [0.4, 0.5) is 20.4 Å². The lowest BCUT2D eigenvalue weighted by molar-refractivity contribution is 0.569. The number of halogens is 2. The average Bonchev–Trinajstić information content (AvgIpc) is 2.41. The van der Waals surface area contributed by atoms with Crippen molar-refractivity contribution in [2.24, 2.45) is 0 Å². The Labute approximate surface area is 120 Å². The quantitative estimate of drug-likeness (QED) is 0.653. The van der Waals surface area contributed by atoms with Crippen LogP contribution in [-0.4, -0.2) is 17.6 Å². The number of hydrogen-bond acceptors (Lipinski definition) is 3. The summed E-state index contributed by atoms with van der Waals surface area (Å²) in [6, 6.07) is 1.000. The molecule has 0 fully saturated rings. The van der Waals surface area contributed by atoms with E-state index in [1.807, 2.05) is 13.8 Å². The van der Waals surface area contributed by atoms with Crippen LogP contribution in [0.2, 0.25) is 0 Å². The smallest absolute Gasteiger partial charge is 0.168 e. The van der Waals surface area contributed by atoms with E-state index >= 15 is 0 Å². The Kier molecular flexibility index (Phi) is 7.26. The Morgan fingerprint density at radius 2 is 1.80 bits per heavy atom. The maximum atomic E-state index is 13.7. The van der Waals surface area contributed by atoms with Crippen LogP contribution in [0.25, 0.3) is 0 Å². The highest BCUT2D eigenvalue weighted by atomic mass is 19.1. The maximum absolute atomic E-state index is 13.7. The van der Waals surface area contributed by atoms with Crippen LogP contribution in [0.15, 0.2) is 6.07 Å². The Bertz CT molecular complexity index is 410. The zero-order valence-corrected chi connectivity index (χ0v) is 12.6. The van der Waals surface area contributed by atoms with Gasteiger partial charge in [0.25, 0.3) is 0 Å². The molecule has 0 aliphatic heterocycles. The molecule has 2 N–H and O–H groups in total. The number of nitrogens with one attached hydrogen (secondary N) is 2. The number of aromatic nitrogens is 1. The van der Waals surface area contributed by atoms with E-state index in [1.165, 1.54) is 0 Å². The highest BCUT2D eigenvalue weighted by molar-refractivity contribution is 5.47. The largest absolute Gasteiger partial charge is 0.368 e. The summed E-state index contributed by atoms with van der Waals surface area (Å²) in [6.45, 7) is 6.72. The van der Waals surface area contributed by atoms with Gasteiger partial charge in [0.1, 0.15) is 0 Å². The first-order chi connectivity index (χ1) is 9.58. The van der Waals surface area contributed by atoms with E-state index in [9.17, 15) is 8.78 Å². The molecular formula is C15H25F2N3. The van der Waals surface area contributed by atoms with Crippen LogP contribution in [0.1, 0.15) is 52.9 Å². The van der Waals surface area contributed by atoms with Gasteiger partial charge in [0, 0.05) is 18.7 Å². The lowest BCUT2D eigenvalue weighted by Crippen LogP contribution is -2.18. The van der Waals surface area contributed by atoms with Crippen LogP contribution in [-0.2, 0) is 0 Å². The molecule has 0 aliphatic rings. The lowest BCUT2D eigenvalue weighted by Gasteiger charge is -2.16. The van der Waals surface area contributed by atoms with Crippen molar-refractivity contribution < 1.29 is 8.78 Å². The van der Waals surface area contributed by atoms with Gasteiger partial charge in [-0.3, -0.25) is 0 Å². The van der Waals surface area contributed by atoms with Gasteiger partial charge in [-0.05, 0) is 19.8 Å². The van der Waals surface area contributed by atoms with E-state index < -0.39 is 11.6 Å². The summed E-state index contributed by atoms with van der Waals surface area (Å²) in [6.07, 6.45) is 5.21. The molecule has 1 aromatic heterocycles. The van der Waals surface area contributed by atoms with Crippen LogP contribution < -0.4 is 10.6 Å². The molecule has 0 aromatic carbocycles. The SMILES string of the molecule is CCCCCC(C)Nc1nc(NCCC)c(F)cc1F. The standard InChI is InChI=1S/C15H25F2N3/c1-4-6-7-8-11(3)19-15-13(17)10-12(16)14(20-15)18-9-5-2/h10-11H,4-9H2,1-3H3,(H2,18,19,20). The number of hydrogen-bond donors (Lipinski definition) is 2. The van der Waals surface area contributed by atoms with E-state index in [0.29, 0.717) is 6.54 Å². The van der Waals surface area contributed by atoms with Gasteiger partial charge in [0.2, 0.25) is 0 Å². The number of pyridine rings is 1. The molecule has 1 unspecified atom stereocenters. The van der Waals surface area contributed by atoms with Gasteiger partial charge in [0.15, 0.2) is 23.3 Å². The van der Waals surface area contributed by atoms with Crippen LogP contribution in [0.3, 0.4) is 0 Å². The fraction of sp³-hybridized carbons (Fsp3) is 0.667. The summed E-state index contributed by atoms with van der Waals surface area (Å²) in [5, 5.41) is 5.88. The van der Waals surface area contributed by atoms with Gasteiger partial charge in [0.05, 0.1) is 0 Å². The molecule has 1 rings (SSSR count). The molecular weight excluding hydrogens is 260 g/mol. The zero-order chi connectivity index (χ0) is 15.0. The van der Waals surface area contributed by atoms with E-state index in [1.54, 1.807) is 0 Å². The van der Waals surface area contributed by atoms with Crippen molar-refractivity contribution in [2.45, 2.75) is 58.9 Å². The molecule has 0 aliphatic carbocycles. The van der Waals surface area contributed by atoms with Gasteiger partial charge in [-0.1, -0.05) is 33.1 Å². The van der Waals surface area contributed by atoms with E-state index in [-0.39, 0.29) is 17.7 Å². The predicted octanol–water partition coefficient (Wildman–Crippen LogP) is 4.56. The second-order valence-corrected chi connectivity index (χ2v) is 5.12. The summed E-state index contributed by atoms with van der Waals surface area (Å²) >= 11 is 0. The molecule has 1 atom stereocenters. The van der Waals surface area contributed by atoms with Crippen LogP contribution >= 0.6 is 0 Å². The molecule has 0 bridgehead atoms. The number of rotatable bonds is 9. The molecule has 1 aromatic rings. The van der Waals surface area contributed by atoms with Gasteiger partial charge in [-0.15, -0.1) is 0 Å². The normalized spacial score (nSPS) is 12.2. The fourth-order valence-electron chi connectivity index (χ4n) is 1.94. The van der Waals surface area contributed by atoms with E-state index in [4.69, 9.17) is 0 Å². The minimum absolute atomic E-state index is 0.108. The first-order valence-electron chi connectivity index (χ1n) is 7.44. The topological polar surface area (TPSA) is 37.0 Å². The monoisotopic (exact) mass is 285 g/mol. The van der Waals surface area contributed by atoms with E-state index in [0.717, 1.165) is 38.2 Å². The van der Waals surface area contributed by atoms with Gasteiger partial charge in [-0.25, -0.2) is 13.8 Å². The molecule has 0 radical (unpaired) electrons. The first kappa shape index (κ1) is 16.7. The van der Waals surface area contributed by atoms with Crippen LogP contribution in [0, 0.1) is 11.6 Å². The van der Waals surface area contributed by atoms with Crippen molar-refractivity contribution in [3.8, 4) is 0 Å². The summed E-state index contributed by atoms with van der Waals surface area (Å²) in [7, 11) is 0. The average molecular weight is 285 g/mol. The summed E-state index contributed by atoms with van der Waals surface area (Å²) in [5.74, 6) is -1.07. The molecule has 3 nitrogen and oxygen atoms in total. The predicted molar refractivity (Wildman–Crippen MR) is 80.2 cm³/mol. The second kappa shape index (κ2) is 8.72. The van der Waals surface area contributed by atoms with Crippen molar-refractivity contribution >= 4 is 11.6 Å². The fourth-order valence-corrected chi connectivity index (χ4v) is 1.94. The Hall–Kier alpha value is -1.39. The van der Waals surface area contributed by atoms with Gasteiger partial charge < -0.3 is 10.6 Å². The first-order valence-corrected chi connectivity index (χ1v) is 7.44. The van der Waals surface area contributed by atoms with Crippen molar-refractivity contribution in [1.82, 2.24) is 4.98 Å². The van der Waals surface area contributed by atoms with E-state index in [2.05, 4.69) is 22.5 Å². The van der Waals surface area contributed by atoms with Crippen molar-refractivity contribution in [2.75, 3.05) is 17.2 Å². The summed E-state index contributed by atoms with van der Waals surface area (Å²) < 4.78 is 27.3. The molecule has 0 spiro atoms. The Morgan fingerprint density at radius 3 is 2.45 bits per heavy atom. The number of unbranched alkanes of at least 4 members (excludes halogenated alkanes) is 2. The third-order valence-electron chi connectivity index (χ3n) is 3.10. The molecule has 5 heteroatoms. The third kappa shape index (κ3) is 5.31. The molecule has 0 amide bonds. The molecule has 20 heavy (non-hydrogen) atoms. The zero-order valence-electron chi connectivity index (χ0n) is 12.6. The maximum Gasteiger partial charge on any atom is 0.168 e. The minimum Gasteiger partial charge on any atom is -0.368 e. The number of anilines is 2. The Balaban J connectivity index is 2.68. The minimum atomic E-state index is -0.653. The van der Waals surface area contributed by atoms with Crippen molar-refractivity contribution in [3.63, 3.8) is 0 Å². The van der Waals surface area contributed by atoms with Crippen molar-refractivity contribution in [3.05, 3.63) is 17.7 Å². The highest BCUT2D eigenvalue weighted by Gasteiger charge is 2.13. The number of nitrogens with zero attached hydrogens (tertiary/aromatic N) is 1. The van der Waals surface area contributed by atoms with Crippen LogP contribution in [0.5, 0.6) is 0 Å². The molecule has 0 saturated carbocycles. The third-order valence-corrected chi connectivity index (χ3v) is 3.10. The van der Waals surface area contributed by atoms with Crippen molar-refractivity contribution in [1.29, 1.82) is 0 Å². The second-order valence-electron chi connectivity index (χ2n) is 5.12. The van der Waals surface area contributed by atoms with Gasteiger partial charge >= 0.3 is 0 Å². The highest BCUT2D eigenvalue weighted by Crippen LogP contribution is 2.20. The molecule has 114 valence electrons.